The number of nitrogens with one attached hydrogen (secondary N) is 1. The van der Waals surface area contributed by atoms with Crippen LogP contribution in [0.5, 0.6) is 0 Å². The number of ether oxygens (including phenoxy) is 1. The Balaban J connectivity index is 1.42. The van der Waals surface area contributed by atoms with Crippen molar-refractivity contribution in [1.29, 1.82) is 0 Å². The maximum Gasteiger partial charge on any atom is 0.223 e. The van der Waals surface area contributed by atoms with E-state index in [2.05, 4.69) is 12.2 Å². The number of nitrogens with two attached hydrogens (primary N) is 1. The summed E-state index contributed by atoms with van der Waals surface area (Å²) in [6.07, 6.45) is 13.3. The highest BCUT2D eigenvalue weighted by atomic mass is 16.5. The summed E-state index contributed by atoms with van der Waals surface area (Å²) in [4.78, 5) is 12.9. The largest absolute Gasteiger partial charge is 0.382 e. The fourth-order valence-corrected chi connectivity index (χ4v) is 7.06. The number of aliphatic hydroxyl groups is 3. The van der Waals surface area contributed by atoms with E-state index in [0.29, 0.717) is 18.3 Å². The lowest BCUT2D eigenvalue weighted by Crippen LogP contribution is -2.54. The van der Waals surface area contributed by atoms with Crippen molar-refractivity contribution in [2.24, 2.45) is 35.3 Å². The van der Waals surface area contributed by atoms with Gasteiger partial charge in [0.2, 0.25) is 5.91 Å². The lowest BCUT2D eigenvalue weighted by molar-refractivity contribution is -0.239. The van der Waals surface area contributed by atoms with Crippen LogP contribution in [-0.4, -0.2) is 58.9 Å². The number of hydrogen-bond donors (Lipinski definition) is 5. The first-order valence-corrected chi connectivity index (χ1v) is 14.5. The van der Waals surface area contributed by atoms with E-state index in [1.54, 1.807) is 0 Å². The van der Waals surface area contributed by atoms with Crippen molar-refractivity contribution in [2.45, 2.75) is 121 Å². The number of aliphatic hydroxyl groups excluding tert-OH is 1. The third-order valence-corrected chi connectivity index (χ3v) is 9.47. The molecular formula is C28H52N2O5. The molecule has 3 saturated carbocycles. The van der Waals surface area contributed by atoms with Gasteiger partial charge in [0.05, 0.1) is 12.7 Å². The Labute approximate surface area is 212 Å². The van der Waals surface area contributed by atoms with Gasteiger partial charge in [-0.25, -0.2) is 0 Å². The van der Waals surface area contributed by atoms with Crippen LogP contribution < -0.4 is 11.1 Å². The summed E-state index contributed by atoms with van der Waals surface area (Å²) >= 11 is 0. The van der Waals surface area contributed by atoms with E-state index in [-0.39, 0.29) is 30.5 Å². The summed E-state index contributed by atoms with van der Waals surface area (Å²) in [5.41, 5.74) is 4.30. The zero-order valence-electron chi connectivity index (χ0n) is 22.0. The highest BCUT2D eigenvalue weighted by Gasteiger charge is 2.44. The first-order valence-electron chi connectivity index (χ1n) is 14.5. The maximum absolute atomic E-state index is 12.9. The molecule has 0 aliphatic heterocycles. The van der Waals surface area contributed by atoms with Gasteiger partial charge in [0.25, 0.3) is 0 Å². The van der Waals surface area contributed by atoms with Crippen LogP contribution >= 0.6 is 0 Å². The Morgan fingerprint density at radius 1 is 1.03 bits per heavy atom. The van der Waals surface area contributed by atoms with Crippen LogP contribution in [-0.2, 0) is 9.53 Å². The van der Waals surface area contributed by atoms with Crippen LogP contribution in [0.15, 0.2) is 0 Å². The van der Waals surface area contributed by atoms with Crippen molar-refractivity contribution >= 4 is 5.91 Å². The minimum atomic E-state index is -1.82. The Morgan fingerprint density at radius 2 is 1.77 bits per heavy atom. The highest BCUT2D eigenvalue weighted by Crippen LogP contribution is 2.37. The molecule has 0 aromatic heterocycles. The summed E-state index contributed by atoms with van der Waals surface area (Å²) in [5, 5.41) is 34.1. The molecule has 0 spiro atoms. The Hall–Kier alpha value is -0.730. The van der Waals surface area contributed by atoms with Crippen molar-refractivity contribution in [3.63, 3.8) is 0 Å². The van der Waals surface area contributed by atoms with Gasteiger partial charge < -0.3 is 31.1 Å². The number of hydrogen-bond acceptors (Lipinski definition) is 6. The molecule has 6 N–H and O–H groups in total. The normalized spacial score (nSPS) is 31.1. The average molecular weight is 497 g/mol. The van der Waals surface area contributed by atoms with Crippen molar-refractivity contribution in [3.05, 3.63) is 0 Å². The second-order valence-corrected chi connectivity index (χ2v) is 11.8. The van der Waals surface area contributed by atoms with Crippen LogP contribution in [0.4, 0.5) is 0 Å². The van der Waals surface area contributed by atoms with Gasteiger partial charge in [-0.2, -0.15) is 0 Å². The van der Waals surface area contributed by atoms with Gasteiger partial charge in [-0.15, -0.1) is 0 Å². The molecule has 3 aliphatic rings. The van der Waals surface area contributed by atoms with E-state index in [1.165, 1.54) is 25.7 Å². The van der Waals surface area contributed by atoms with Gasteiger partial charge in [0.15, 0.2) is 6.29 Å². The first-order chi connectivity index (χ1) is 16.9. The van der Waals surface area contributed by atoms with Gasteiger partial charge >= 0.3 is 0 Å². The summed E-state index contributed by atoms with van der Waals surface area (Å²) in [7, 11) is 0. The van der Waals surface area contributed by atoms with Crippen molar-refractivity contribution < 1.29 is 24.9 Å². The summed E-state index contributed by atoms with van der Waals surface area (Å²) in [6.45, 7) is 3.70. The van der Waals surface area contributed by atoms with E-state index in [9.17, 15) is 20.1 Å². The fourth-order valence-electron chi connectivity index (χ4n) is 7.06. The zero-order valence-corrected chi connectivity index (χ0v) is 22.0. The molecule has 204 valence electrons. The second kappa shape index (κ2) is 14.3. The van der Waals surface area contributed by atoms with E-state index in [1.807, 2.05) is 0 Å². The van der Waals surface area contributed by atoms with Gasteiger partial charge in [-0.3, -0.25) is 4.79 Å². The van der Waals surface area contributed by atoms with Crippen LogP contribution in [0.2, 0.25) is 0 Å². The number of rotatable bonds is 12. The van der Waals surface area contributed by atoms with E-state index >= 15 is 0 Å². The van der Waals surface area contributed by atoms with Gasteiger partial charge in [-0.05, 0) is 81.6 Å². The first kappa shape index (κ1) is 28.8. The lowest BCUT2D eigenvalue weighted by Gasteiger charge is -2.40. The molecule has 7 heteroatoms. The molecule has 7 nitrogen and oxygen atoms in total. The highest BCUT2D eigenvalue weighted by molar-refractivity contribution is 5.78. The molecular weight excluding hydrogens is 444 g/mol. The summed E-state index contributed by atoms with van der Waals surface area (Å²) in [5.74, 6) is 1.92. The van der Waals surface area contributed by atoms with Crippen molar-refractivity contribution in [2.75, 3.05) is 19.7 Å². The zero-order chi connectivity index (χ0) is 25.3. The Morgan fingerprint density at radius 3 is 2.46 bits per heavy atom. The molecule has 3 aliphatic carbocycles. The minimum absolute atomic E-state index is 0.0769. The predicted octanol–water partition coefficient (Wildman–Crippen LogP) is 3.48. The predicted molar refractivity (Wildman–Crippen MR) is 137 cm³/mol. The molecule has 0 saturated heterocycles. The third kappa shape index (κ3) is 8.13. The number of carbonyl (C=O) groups excluding carboxylic acids is 1. The maximum atomic E-state index is 12.9. The number of amides is 1. The SMILES string of the molecule is CCC(CCNC(=O)C1CCCC(OCC(O)(C(O)O)C2CCCCC2)C1)C1CCCC(CN)C1. The number of carbonyl (C=O) groups is 1. The van der Waals surface area contributed by atoms with Gasteiger partial charge in [0.1, 0.15) is 5.60 Å². The van der Waals surface area contributed by atoms with Crippen molar-refractivity contribution in [3.8, 4) is 0 Å². The molecule has 0 aromatic rings. The lowest BCUT2D eigenvalue weighted by atomic mass is 9.73. The molecule has 3 fully saturated rings. The Bertz CT molecular complexity index is 626. The van der Waals surface area contributed by atoms with Crippen LogP contribution in [0.25, 0.3) is 0 Å². The summed E-state index contributed by atoms with van der Waals surface area (Å²) in [6, 6.07) is 0. The van der Waals surface area contributed by atoms with Gasteiger partial charge in [-0.1, -0.05) is 51.9 Å². The standard InChI is InChI=1S/C28H52N2O5/c1-2-21(22-9-6-8-20(16-22)18-29)14-15-30-26(31)23-10-7-13-25(17-23)35-19-28(34,27(32)33)24-11-4-3-5-12-24/h20-25,27,32-34H,2-19,29H2,1H3,(H,30,31). The molecule has 0 radical (unpaired) electrons. The molecule has 0 aromatic carbocycles. The molecule has 0 heterocycles. The molecule has 3 rings (SSSR count). The van der Waals surface area contributed by atoms with Crippen LogP contribution in [0.3, 0.4) is 0 Å². The third-order valence-electron chi connectivity index (χ3n) is 9.47. The molecule has 6 unspecified atom stereocenters. The van der Waals surface area contributed by atoms with Crippen molar-refractivity contribution in [1.82, 2.24) is 5.32 Å². The minimum Gasteiger partial charge on any atom is -0.382 e. The molecule has 1 amide bonds. The monoisotopic (exact) mass is 496 g/mol. The molecule has 6 atom stereocenters. The van der Waals surface area contributed by atoms with E-state index in [0.717, 1.165) is 83.2 Å². The molecule has 0 bridgehead atoms. The van der Waals surface area contributed by atoms with Crippen LogP contribution in [0.1, 0.15) is 103 Å². The van der Waals surface area contributed by atoms with E-state index < -0.39 is 11.9 Å². The second-order valence-electron chi connectivity index (χ2n) is 11.8. The topological polar surface area (TPSA) is 125 Å². The van der Waals surface area contributed by atoms with E-state index in [4.69, 9.17) is 10.5 Å². The quantitative estimate of drug-likeness (QED) is 0.263. The average Bonchev–Trinajstić information content (AvgIpc) is 2.90. The smallest absolute Gasteiger partial charge is 0.223 e. The Kier molecular flexibility index (Phi) is 11.8. The molecule has 35 heavy (non-hydrogen) atoms. The fraction of sp³-hybridized carbons (Fsp3) is 0.964. The summed E-state index contributed by atoms with van der Waals surface area (Å²) < 4.78 is 6.04. The van der Waals surface area contributed by atoms with Gasteiger partial charge in [0, 0.05) is 12.5 Å². The van der Waals surface area contributed by atoms with Crippen LogP contribution in [0, 0.1) is 29.6 Å².